The molecule has 0 unspecified atom stereocenters. The van der Waals surface area contributed by atoms with Crippen LogP contribution in [0.25, 0.3) is 0 Å². The van der Waals surface area contributed by atoms with E-state index in [0.717, 1.165) is 0 Å². The zero-order valence-corrected chi connectivity index (χ0v) is 16.5. The van der Waals surface area contributed by atoms with E-state index in [1.807, 2.05) is 0 Å². The van der Waals surface area contributed by atoms with Gasteiger partial charge in [-0.25, -0.2) is 4.57 Å². The van der Waals surface area contributed by atoms with Crippen molar-refractivity contribution in [2.24, 2.45) is 0 Å². The Morgan fingerprint density at radius 2 is 0.929 bits per heavy atom. The van der Waals surface area contributed by atoms with Crippen LogP contribution < -0.4 is 0 Å². The van der Waals surface area contributed by atoms with Crippen molar-refractivity contribution in [1.29, 1.82) is 0 Å². The number of rotatable bonds is 6. The van der Waals surface area contributed by atoms with Crippen molar-refractivity contribution in [2.45, 2.75) is 11.8 Å². The first-order valence-corrected chi connectivity index (χ1v) is 9.70. The monoisotopic (exact) mass is 607 g/mol. The molecule has 0 rings (SSSR count). The van der Waals surface area contributed by atoms with Crippen LogP contribution in [-0.4, -0.2) is 11.8 Å². The molecule has 0 bridgehead atoms. The van der Waals surface area contributed by atoms with Crippen LogP contribution in [0.2, 0.25) is 0 Å². The molecule has 0 amide bonds. The summed E-state index contributed by atoms with van der Waals surface area (Å²) in [5.41, 5.74) is 0. The highest BCUT2D eigenvalue weighted by atomic mass is 79.9. The van der Waals surface area contributed by atoms with Gasteiger partial charge in [0.25, 0.3) is 0 Å². The zero-order valence-electron chi connectivity index (χ0n) is 6.08. The summed E-state index contributed by atoms with van der Waals surface area (Å²) in [6.07, 6.45) is 0. The van der Waals surface area contributed by atoms with Gasteiger partial charge in [-0.3, -0.25) is 13.6 Å². The molecule has 0 saturated carbocycles. The van der Waals surface area contributed by atoms with Crippen LogP contribution in [0.15, 0.2) is 0 Å². The number of alkyl halides is 6. The molecule has 0 fully saturated rings. The van der Waals surface area contributed by atoms with Crippen LogP contribution in [-0.2, 0) is 18.1 Å². The first-order valence-electron chi connectivity index (χ1n) is 2.75. The summed E-state index contributed by atoms with van der Waals surface area (Å²) in [6, 6.07) is 0. The lowest BCUT2D eigenvalue weighted by molar-refractivity contribution is 0.149. The minimum Gasteiger partial charge on any atom is -0.260 e. The van der Waals surface area contributed by atoms with Crippen molar-refractivity contribution >= 4 is 103 Å². The molecule has 0 radical (unpaired) electrons. The molecule has 0 aliphatic rings. The van der Waals surface area contributed by atoms with Gasteiger partial charge in [0.15, 0.2) is 11.8 Å². The lowest BCUT2D eigenvalue weighted by Gasteiger charge is -2.19. The van der Waals surface area contributed by atoms with Crippen LogP contribution in [0.4, 0.5) is 0 Å². The number of phosphoric acid groups is 1. The molecule has 0 aliphatic carbocycles. The molecule has 0 heterocycles. The summed E-state index contributed by atoms with van der Waals surface area (Å²) in [5, 5.41) is 0. The summed E-state index contributed by atoms with van der Waals surface area (Å²) in [4.78, 5) is 0. The van der Waals surface area contributed by atoms with Gasteiger partial charge >= 0.3 is 7.82 Å². The van der Waals surface area contributed by atoms with Crippen LogP contribution >= 0.6 is 103 Å². The standard InChI is InChI=1S/C3H3Br6O4P/c4-1(5)11-14(10,12-2(6)7)13-3(8)9/h1-3H. The van der Waals surface area contributed by atoms with Crippen molar-refractivity contribution in [3.63, 3.8) is 0 Å². The van der Waals surface area contributed by atoms with Gasteiger partial charge in [-0.2, -0.15) is 0 Å². The van der Waals surface area contributed by atoms with Crippen LogP contribution in [0.3, 0.4) is 0 Å². The molecule has 0 aromatic rings. The predicted molar refractivity (Wildman–Crippen MR) is 75.8 cm³/mol. The van der Waals surface area contributed by atoms with Crippen molar-refractivity contribution in [3.8, 4) is 0 Å². The van der Waals surface area contributed by atoms with E-state index in [9.17, 15) is 4.57 Å². The molecule has 0 aliphatic heterocycles. The molecule has 0 aromatic heterocycles. The Kier molecular flexibility index (Phi) is 9.90. The van der Waals surface area contributed by atoms with Crippen LogP contribution in [0.5, 0.6) is 0 Å². The summed E-state index contributed by atoms with van der Waals surface area (Å²) in [7, 11) is -3.67. The highest BCUT2D eigenvalue weighted by Crippen LogP contribution is 2.56. The van der Waals surface area contributed by atoms with E-state index in [-0.39, 0.29) is 0 Å². The average Bonchev–Trinajstić information content (AvgIpc) is 1.76. The van der Waals surface area contributed by atoms with Gasteiger partial charge in [0, 0.05) is 0 Å². The molecule has 0 saturated heterocycles. The van der Waals surface area contributed by atoms with Crippen molar-refractivity contribution in [1.82, 2.24) is 0 Å². The fraction of sp³-hybridized carbons (Fsp3) is 1.00. The van der Waals surface area contributed by atoms with Crippen molar-refractivity contribution in [3.05, 3.63) is 0 Å². The van der Waals surface area contributed by atoms with E-state index in [4.69, 9.17) is 13.6 Å². The second-order valence-corrected chi connectivity index (χ2v) is 11.7. The maximum atomic E-state index is 11.8. The first-order chi connectivity index (χ1) is 6.25. The molecule has 14 heavy (non-hydrogen) atoms. The fourth-order valence-corrected chi connectivity index (χ4v) is 4.79. The van der Waals surface area contributed by atoms with Gasteiger partial charge in [0.1, 0.15) is 0 Å². The molecule has 86 valence electrons. The van der Waals surface area contributed by atoms with E-state index in [0.29, 0.717) is 0 Å². The van der Waals surface area contributed by atoms with Gasteiger partial charge in [-0.05, 0) is 95.6 Å². The first kappa shape index (κ1) is 17.0. The van der Waals surface area contributed by atoms with Crippen molar-refractivity contribution in [2.75, 3.05) is 0 Å². The Labute approximate surface area is 132 Å². The number of halogens is 6. The van der Waals surface area contributed by atoms with E-state index in [2.05, 4.69) is 95.6 Å². The van der Waals surface area contributed by atoms with Gasteiger partial charge in [0.2, 0.25) is 0 Å². The normalized spacial score (nSPS) is 13.2. The van der Waals surface area contributed by atoms with Gasteiger partial charge in [0.05, 0.1) is 0 Å². The van der Waals surface area contributed by atoms with Crippen LogP contribution in [0, 0.1) is 0 Å². The Balaban J connectivity index is 4.41. The quantitative estimate of drug-likeness (QED) is 0.299. The van der Waals surface area contributed by atoms with E-state index >= 15 is 0 Å². The third-order valence-corrected chi connectivity index (χ3v) is 4.89. The Morgan fingerprint density at radius 3 is 1.07 bits per heavy atom. The molecular formula is C3H3Br6O4P. The molecule has 4 nitrogen and oxygen atoms in total. The average molecular weight is 613 g/mol. The molecule has 0 N–H and O–H groups in total. The molecule has 11 heteroatoms. The van der Waals surface area contributed by atoms with E-state index in [1.54, 1.807) is 0 Å². The summed E-state index contributed by atoms with van der Waals surface area (Å²) in [6.45, 7) is 0. The number of hydrogen-bond acceptors (Lipinski definition) is 4. The minimum atomic E-state index is -3.67. The molecular weight excluding hydrogens is 610 g/mol. The Bertz CT molecular complexity index is 176. The van der Waals surface area contributed by atoms with Gasteiger partial charge < -0.3 is 0 Å². The second kappa shape index (κ2) is 8.16. The second-order valence-electron chi connectivity index (χ2n) is 1.55. The molecule has 0 atom stereocenters. The summed E-state index contributed by atoms with van der Waals surface area (Å²) >= 11 is 17.9. The zero-order chi connectivity index (χ0) is 11.4. The maximum absolute atomic E-state index is 11.8. The van der Waals surface area contributed by atoms with Gasteiger partial charge in [-0.15, -0.1) is 0 Å². The predicted octanol–water partition coefficient (Wildman–Crippen LogP) is 5.36. The minimum absolute atomic E-state index is 0.640. The van der Waals surface area contributed by atoms with E-state index in [1.165, 1.54) is 0 Å². The number of hydrogen-bond donors (Lipinski definition) is 0. The topological polar surface area (TPSA) is 44.8 Å². The number of phosphoric ester groups is 1. The summed E-state index contributed by atoms with van der Waals surface area (Å²) < 4.78 is 24.5. The highest BCUT2D eigenvalue weighted by Gasteiger charge is 2.33. The Hall–Kier alpha value is 2.99. The van der Waals surface area contributed by atoms with Crippen LogP contribution in [0.1, 0.15) is 0 Å². The molecule has 0 spiro atoms. The maximum Gasteiger partial charge on any atom is 0.480 e. The largest absolute Gasteiger partial charge is 0.480 e. The Morgan fingerprint density at radius 1 is 0.714 bits per heavy atom. The SMILES string of the molecule is O=P(OC(Br)Br)(OC(Br)Br)OC(Br)Br. The van der Waals surface area contributed by atoms with Crippen molar-refractivity contribution < 1.29 is 18.1 Å². The summed E-state index contributed by atoms with van der Waals surface area (Å²) in [5.74, 6) is 0. The third-order valence-electron chi connectivity index (χ3n) is 0.626. The highest BCUT2D eigenvalue weighted by molar-refractivity contribution is 9.25. The van der Waals surface area contributed by atoms with E-state index < -0.39 is 19.6 Å². The lowest BCUT2D eigenvalue weighted by atomic mass is 11.7. The van der Waals surface area contributed by atoms with Gasteiger partial charge in [-0.1, -0.05) is 0 Å². The lowest BCUT2D eigenvalue weighted by Crippen LogP contribution is -2.06. The molecule has 0 aromatic carbocycles. The smallest absolute Gasteiger partial charge is 0.260 e. The fourth-order valence-electron chi connectivity index (χ4n) is 0.367. The third kappa shape index (κ3) is 9.07.